The number of ether oxygens (including phenoxy) is 1. The van der Waals surface area contributed by atoms with Crippen molar-refractivity contribution in [2.24, 2.45) is 0 Å². The predicted molar refractivity (Wildman–Crippen MR) is 71.3 cm³/mol. The molecule has 0 atom stereocenters. The first-order chi connectivity index (χ1) is 8.15. The highest BCUT2D eigenvalue weighted by atomic mass is 79.9. The monoisotopic (exact) mass is 292 g/mol. The third kappa shape index (κ3) is 3.24. The van der Waals surface area contributed by atoms with Crippen molar-refractivity contribution in [2.45, 2.75) is 13.5 Å². The molecule has 0 heterocycles. The van der Waals surface area contributed by atoms with Gasteiger partial charge in [0.15, 0.2) is 0 Å². The molecule has 0 saturated carbocycles. The van der Waals surface area contributed by atoms with E-state index < -0.39 is 0 Å². The Labute approximate surface area is 109 Å². The molecule has 0 bridgehead atoms. The molecule has 2 nitrogen and oxygen atoms in total. The summed E-state index contributed by atoms with van der Waals surface area (Å²) in [7, 11) is 0. The van der Waals surface area contributed by atoms with Gasteiger partial charge in [-0.15, -0.1) is 0 Å². The molecule has 3 heteroatoms. The highest BCUT2D eigenvalue weighted by Gasteiger charge is 2.02. The number of benzene rings is 2. The number of aryl methyl sites for hydroxylation is 1. The number of phenolic OH excluding ortho intramolecular Hbond substituents is 1. The van der Waals surface area contributed by atoms with Gasteiger partial charge in [-0.05, 0) is 36.8 Å². The van der Waals surface area contributed by atoms with Crippen LogP contribution in [0.1, 0.15) is 11.1 Å². The zero-order valence-corrected chi connectivity index (χ0v) is 11.1. The second-order valence-electron chi connectivity index (χ2n) is 3.88. The van der Waals surface area contributed by atoms with Crippen molar-refractivity contribution in [3.8, 4) is 11.5 Å². The van der Waals surface area contributed by atoms with Crippen molar-refractivity contribution in [3.63, 3.8) is 0 Å². The van der Waals surface area contributed by atoms with Crippen LogP contribution >= 0.6 is 15.9 Å². The first-order valence-corrected chi connectivity index (χ1v) is 6.11. The summed E-state index contributed by atoms with van der Waals surface area (Å²) in [6.07, 6.45) is 0. The van der Waals surface area contributed by atoms with Gasteiger partial charge in [-0.3, -0.25) is 0 Å². The van der Waals surface area contributed by atoms with E-state index in [-0.39, 0.29) is 5.75 Å². The molecule has 0 aliphatic heterocycles. The molecular weight excluding hydrogens is 280 g/mol. The maximum Gasteiger partial charge on any atom is 0.122 e. The maximum absolute atomic E-state index is 9.73. The standard InChI is InChI=1S/C14H13BrO2/c1-10-5-6-11(14(16)7-10)9-17-13-4-2-3-12(15)8-13/h2-8,16H,9H2,1H3. The van der Waals surface area contributed by atoms with Gasteiger partial charge in [0.05, 0.1) is 0 Å². The Morgan fingerprint density at radius 2 is 2.00 bits per heavy atom. The lowest BCUT2D eigenvalue weighted by molar-refractivity contribution is 0.299. The Kier molecular flexibility index (Phi) is 3.69. The Hall–Kier alpha value is -1.48. The minimum absolute atomic E-state index is 0.278. The molecule has 0 aliphatic carbocycles. The molecule has 0 saturated heterocycles. The molecule has 2 aromatic carbocycles. The Bertz CT molecular complexity index is 523. The molecule has 2 aromatic rings. The van der Waals surface area contributed by atoms with Gasteiger partial charge in [0.1, 0.15) is 18.1 Å². The Morgan fingerprint density at radius 3 is 2.71 bits per heavy atom. The average Bonchev–Trinajstić information content (AvgIpc) is 2.28. The van der Waals surface area contributed by atoms with E-state index >= 15 is 0 Å². The van der Waals surface area contributed by atoms with Gasteiger partial charge in [0, 0.05) is 10.0 Å². The van der Waals surface area contributed by atoms with Crippen molar-refractivity contribution >= 4 is 15.9 Å². The Balaban J connectivity index is 2.07. The van der Waals surface area contributed by atoms with Crippen LogP contribution in [0.5, 0.6) is 11.5 Å². The minimum Gasteiger partial charge on any atom is -0.508 e. The van der Waals surface area contributed by atoms with Crippen molar-refractivity contribution in [2.75, 3.05) is 0 Å². The second-order valence-corrected chi connectivity index (χ2v) is 4.79. The fourth-order valence-corrected chi connectivity index (χ4v) is 1.89. The summed E-state index contributed by atoms with van der Waals surface area (Å²) in [5.41, 5.74) is 1.82. The molecule has 1 N–H and O–H groups in total. The summed E-state index contributed by atoms with van der Waals surface area (Å²) in [4.78, 5) is 0. The third-order valence-electron chi connectivity index (χ3n) is 2.43. The highest BCUT2D eigenvalue weighted by molar-refractivity contribution is 9.10. The molecule has 0 radical (unpaired) electrons. The number of phenols is 1. The van der Waals surface area contributed by atoms with Crippen LogP contribution in [-0.2, 0) is 6.61 Å². The van der Waals surface area contributed by atoms with Crippen LogP contribution < -0.4 is 4.74 Å². The number of rotatable bonds is 3. The molecule has 0 unspecified atom stereocenters. The predicted octanol–water partition coefficient (Wildman–Crippen LogP) is 4.04. The summed E-state index contributed by atoms with van der Waals surface area (Å²) < 4.78 is 6.58. The molecule has 88 valence electrons. The summed E-state index contributed by atoms with van der Waals surface area (Å²) in [5, 5.41) is 9.73. The normalized spacial score (nSPS) is 10.2. The summed E-state index contributed by atoms with van der Waals surface area (Å²) in [5.74, 6) is 1.05. The van der Waals surface area contributed by atoms with E-state index in [9.17, 15) is 5.11 Å². The van der Waals surface area contributed by atoms with Gasteiger partial charge in [0.25, 0.3) is 0 Å². The highest BCUT2D eigenvalue weighted by Crippen LogP contribution is 2.22. The van der Waals surface area contributed by atoms with Gasteiger partial charge in [-0.2, -0.15) is 0 Å². The number of halogens is 1. The molecule has 0 fully saturated rings. The topological polar surface area (TPSA) is 29.5 Å². The van der Waals surface area contributed by atoms with Crippen LogP contribution in [0.4, 0.5) is 0 Å². The lowest BCUT2D eigenvalue weighted by Gasteiger charge is -2.08. The second kappa shape index (κ2) is 5.23. The van der Waals surface area contributed by atoms with Gasteiger partial charge < -0.3 is 9.84 Å². The first kappa shape index (κ1) is 12.0. The largest absolute Gasteiger partial charge is 0.508 e. The zero-order valence-electron chi connectivity index (χ0n) is 9.48. The van der Waals surface area contributed by atoms with Gasteiger partial charge in [-0.25, -0.2) is 0 Å². The fraction of sp³-hybridized carbons (Fsp3) is 0.143. The lowest BCUT2D eigenvalue weighted by atomic mass is 10.1. The van der Waals surface area contributed by atoms with Crippen LogP contribution in [-0.4, -0.2) is 5.11 Å². The SMILES string of the molecule is Cc1ccc(COc2cccc(Br)c2)c(O)c1. The van der Waals surface area contributed by atoms with E-state index in [1.165, 1.54) is 0 Å². The summed E-state index contributed by atoms with van der Waals surface area (Å²) in [6, 6.07) is 13.2. The molecule has 0 amide bonds. The van der Waals surface area contributed by atoms with E-state index in [1.54, 1.807) is 6.07 Å². The molecule has 0 aliphatic rings. The van der Waals surface area contributed by atoms with Gasteiger partial charge in [-0.1, -0.05) is 34.1 Å². The van der Waals surface area contributed by atoms with E-state index in [0.717, 1.165) is 21.3 Å². The van der Waals surface area contributed by atoms with Crippen LogP contribution in [0.15, 0.2) is 46.9 Å². The third-order valence-corrected chi connectivity index (χ3v) is 2.92. The van der Waals surface area contributed by atoms with Crippen LogP contribution in [0.25, 0.3) is 0 Å². The van der Waals surface area contributed by atoms with E-state index in [1.807, 2.05) is 43.3 Å². The van der Waals surface area contributed by atoms with Crippen molar-refractivity contribution in [3.05, 3.63) is 58.1 Å². The quantitative estimate of drug-likeness (QED) is 0.925. The Morgan fingerprint density at radius 1 is 1.18 bits per heavy atom. The smallest absolute Gasteiger partial charge is 0.122 e. The van der Waals surface area contributed by atoms with Crippen molar-refractivity contribution in [1.82, 2.24) is 0 Å². The van der Waals surface area contributed by atoms with E-state index in [2.05, 4.69) is 15.9 Å². The summed E-state index contributed by atoms with van der Waals surface area (Å²) >= 11 is 3.38. The number of aromatic hydroxyl groups is 1. The molecule has 0 aromatic heterocycles. The van der Waals surface area contributed by atoms with Crippen LogP contribution in [0.3, 0.4) is 0 Å². The minimum atomic E-state index is 0.278. The van der Waals surface area contributed by atoms with Crippen molar-refractivity contribution in [1.29, 1.82) is 0 Å². The molecular formula is C14H13BrO2. The van der Waals surface area contributed by atoms with Gasteiger partial charge >= 0.3 is 0 Å². The first-order valence-electron chi connectivity index (χ1n) is 5.32. The van der Waals surface area contributed by atoms with Gasteiger partial charge in [0.2, 0.25) is 0 Å². The van der Waals surface area contributed by atoms with E-state index in [0.29, 0.717) is 6.61 Å². The number of hydrogen-bond donors (Lipinski definition) is 1. The lowest BCUT2D eigenvalue weighted by Crippen LogP contribution is -1.96. The zero-order chi connectivity index (χ0) is 12.3. The van der Waals surface area contributed by atoms with Crippen LogP contribution in [0, 0.1) is 6.92 Å². The molecule has 2 rings (SSSR count). The summed E-state index contributed by atoms with van der Waals surface area (Å²) in [6.45, 7) is 2.31. The maximum atomic E-state index is 9.73. The average molecular weight is 293 g/mol. The molecule has 17 heavy (non-hydrogen) atoms. The number of hydrogen-bond acceptors (Lipinski definition) is 2. The van der Waals surface area contributed by atoms with E-state index in [4.69, 9.17) is 4.74 Å². The fourth-order valence-electron chi connectivity index (χ4n) is 1.51. The van der Waals surface area contributed by atoms with Crippen molar-refractivity contribution < 1.29 is 9.84 Å². The molecule has 0 spiro atoms. The van der Waals surface area contributed by atoms with Crippen LogP contribution in [0.2, 0.25) is 0 Å².